The fourth-order valence-corrected chi connectivity index (χ4v) is 3.00. The highest BCUT2D eigenvalue weighted by Gasteiger charge is 2.32. The van der Waals surface area contributed by atoms with Crippen molar-refractivity contribution in [3.05, 3.63) is 52.3 Å². The van der Waals surface area contributed by atoms with Crippen molar-refractivity contribution in [2.45, 2.75) is 6.18 Å². The molecule has 2 aromatic rings. The van der Waals surface area contributed by atoms with Crippen LogP contribution in [-0.4, -0.2) is 47.0 Å². The van der Waals surface area contributed by atoms with Gasteiger partial charge in [0.05, 0.1) is 11.1 Å². The van der Waals surface area contributed by atoms with Crippen molar-refractivity contribution < 1.29 is 18.0 Å². The summed E-state index contributed by atoms with van der Waals surface area (Å²) >= 11 is 3.36. The monoisotopic (exact) mass is 414 g/mol. The molecule has 5 nitrogen and oxygen atoms in total. The second-order valence-corrected chi connectivity index (χ2v) is 6.38. The first-order valence-corrected chi connectivity index (χ1v) is 8.33. The fraction of sp³-hybridized carbons (Fsp3) is 0.312. The van der Waals surface area contributed by atoms with Crippen LogP contribution >= 0.6 is 15.9 Å². The number of alkyl halides is 3. The molecular weight excluding hydrogens is 401 g/mol. The van der Waals surface area contributed by atoms with Crippen LogP contribution in [0, 0.1) is 0 Å². The Kier molecular flexibility index (Phi) is 4.94. The topological polar surface area (TPSA) is 49.3 Å². The standard InChI is InChI=1S/C16H14BrF3N4O/c17-13-4-2-1-3-12(13)14(25)23-5-7-24(8-6-23)15-21-9-11(10-22-15)16(18,19)20/h1-4,9-10H,5-8H2. The predicted molar refractivity (Wildman–Crippen MR) is 89.3 cm³/mol. The summed E-state index contributed by atoms with van der Waals surface area (Å²) in [5, 5.41) is 0. The van der Waals surface area contributed by atoms with E-state index in [0.29, 0.717) is 31.7 Å². The van der Waals surface area contributed by atoms with Gasteiger partial charge in [-0.1, -0.05) is 12.1 Å². The average molecular weight is 415 g/mol. The summed E-state index contributed by atoms with van der Waals surface area (Å²) in [7, 11) is 0. The molecule has 3 rings (SSSR count). The number of hydrogen-bond donors (Lipinski definition) is 0. The number of hydrogen-bond acceptors (Lipinski definition) is 4. The molecule has 0 radical (unpaired) electrons. The SMILES string of the molecule is O=C(c1ccccc1Br)N1CCN(c2ncc(C(F)(F)F)cn2)CC1. The maximum Gasteiger partial charge on any atom is 0.419 e. The molecule has 0 aliphatic carbocycles. The summed E-state index contributed by atoms with van der Waals surface area (Å²) < 4.78 is 38.4. The van der Waals surface area contributed by atoms with Gasteiger partial charge in [-0.25, -0.2) is 9.97 Å². The summed E-state index contributed by atoms with van der Waals surface area (Å²) in [5.41, 5.74) is -0.291. The average Bonchev–Trinajstić information content (AvgIpc) is 2.61. The summed E-state index contributed by atoms with van der Waals surface area (Å²) in [5.74, 6) is 0.154. The van der Waals surface area contributed by atoms with E-state index in [9.17, 15) is 18.0 Å². The number of anilines is 1. The van der Waals surface area contributed by atoms with Crippen LogP contribution in [0.4, 0.5) is 19.1 Å². The molecule has 1 aromatic carbocycles. The first kappa shape index (κ1) is 17.7. The molecule has 0 unspecified atom stereocenters. The highest BCUT2D eigenvalue weighted by molar-refractivity contribution is 9.10. The molecule has 25 heavy (non-hydrogen) atoms. The molecule has 0 N–H and O–H groups in total. The van der Waals surface area contributed by atoms with Gasteiger partial charge in [-0.2, -0.15) is 13.2 Å². The molecule has 0 saturated carbocycles. The second-order valence-electron chi connectivity index (χ2n) is 5.53. The normalized spacial score (nSPS) is 15.4. The van der Waals surface area contributed by atoms with Crippen LogP contribution in [-0.2, 0) is 6.18 Å². The lowest BCUT2D eigenvalue weighted by Crippen LogP contribution is -2.49. The Labute approximate surface area is 150 Å². The van der Waals surface area contributed by atoms with Crippen LogP contribution in [0.25, 0.3) is 0 Å². The largest absolute Gasteiger partial charge is 0.419 e. The van der Waals surface area contributed by atoms with Crippen molar-refractivity contribution in [2.24, 2.45) is 0 Å². The zero-order valence-corrected chi connectivity index (χ0v) is 14.6. The van der Waals surface area contributed by atoms with Gasteiger partial charge in [0.1, 0.15) is 0 Å². The van der Waals surface area contributed by atoms with E-state index in [4.69, 9.17) is 0 Å². The van der Waals surface area contributed by atoms with E-state index in [2.05, 4.69) is 25.9 Å². The Morgan fingerprint density at radius 2 is 1.64 bits per heavy atom. The minimum Gasteiger partial charge on any atom is -0.337 e. The molecule has 1 fully saturated rings. The maximum absolute atomic E-state index is 12.6. The van der Waals surface area contributed by atoms with Gasteiger partial charge < -0.3 is 9.80 Å². The van der Waals surface area contributed by atoms with Crippen molar-refractivity contribution in [3.63, 3.8) is 0 Å². The van der Waals surface area contributed by atoms with E-state index in [1.807, 2.05) is 6.07 Å². The zero-order chi connectivity index (χ0) is 18.0. The van der Waals surface area contributed by atoms with Crippen LogP contribution < -0.4 is 4.90 Å². The number of amides is 1. The van der Waals surface area contributed by atoms with Gasteiger partial charge in [0, 0.05) is 43.0 Å². The van der Waals surface area contributed by atoms with Crippen molar-refractivity contribution in [3.8, 4) is 0 Å². The number of halogens is 4. The van der Waals surface area contributed by atoms with Crippen molar-refractivity contribution >= 4 is 27.8 Å². The molecule has 1 saturated heterocycles. The number of carbonyl (C=O) groups excluding carboxylic acids is 1. The molecule has 0 bridgehead atoms. The molecule has 0 atom stereocenters. The molecule has 1 aromatic heterocycles. The van der Waals surface area contributed by atoms with E-state index < -0.39 is 11.7 Å². The molecule has 1 amide bonds. The van der Waals surface area contributed by atoms with Gasteiger partial charge in [0.2, 0.25) is 5.95 Å². The quantitative estimate of drug-likeness (QED) is 0.756. The Morgan fingerprint density at radius 3 is 2.20 bits per heavy atom. The number of aromatic nitrogens is 2. The van der Waals surface area contributed by atoms with E-state index in [1.165, 1.54) is 0 Å². The van der Waals surface area contributed by atoms with Crippen LogP contribution in [0.3, 0.4) is 0 Å². The zero-order valence-electron chi connectivity index (χ0n) is 13.0. The summed E-state index contributed by atoms with van der Waals surface area (Å²) in [6.45, 7) is 1.82. The van der Waals surface area contributed by atoms with Gasteiger partial charge in [0.15, 0.2) is 0 Å². The Morgan fingerprint density at radius 1 is 1.04 bits per heavy atom. The highest BCUT2D eigenvalue weighted by atomic mass is 79.9. The summed E-state index contributed by atoms with van der Waals surface area (Å²) in [4.78, 5) is 23.6. The van der Waals surface area contributed by atoms with Crippen LogP contribution in [0.1, 0.15) is 15.9 Å². The van der Waals surface area contributed by atoms with Gasteiger partial charge in [-0.05, 0) is 28.1 Å². The third kappa shape index (κ3) is 3.92. The minimum atomic E-state index is -4.45. The maximum atomic E-state index is 12.6. The van der Waals surface area contributed by atoms with Crippen molar-refractivity contribution in [2.75, 3.05) is 31.1 Å². The Balaban J connectivity index is 1.64. The number of carbonyl (C=O) groups is 1. The Bertz CT molecular complexity index is 759. The first-order valence-electron chi connectivity index (χ1n) is 7.54. The fourth-order valence-electron chi connectivity index (χ4n) is 2.55. The smallest absolute Gasteiger partial charge is 0.337 e. The Hall–Kier alpha value is -2.16. The molecular formula is C16H14BrF3N4O. The number of piperazine rings is 1. The number of rotatable bonds is 2. The molecule has 132 valence electrons. The van der Waals surface area contributed by atoms with E-state index in [1.54, 1.807) is 28.0 Å². The van der Waals surface area contributed by atoms with Gasteiger partial charge >= 0.3 is 6.18 Å². The van der Waals surface area contributed by atoms with Crippen molar-refractivity contribution in [1.29, 1.82) is 0 Å². The molecule has 1 aliphatic rings. The van der Waals surface area contributed by atoms with Gasteiger partial charge in [-0.3, -0.25) is 4.79 Å². The van der Waals surface area contributed by atoms with E-state index >= 15 is 0 Å². The second kappa shape index (κ2) is 6.99. The van der Waals surface area contributed by atoms with E-state index in [-0.39, 0.29) is 11.9 Å². The lowest BCUT2D eigenvalue weighted by molar-refractivity contribution is -0.138. The molecule has 0 spiro atoms. The third-order valence-electron chi connectivity index (χ3n) is 3.92. The van der Waals surface area contributed by atoms with Crippen LogP contribution in [0.2, 0.25) is 0 Å². The third-order valence-corrected chi connectivity index (χ3v) is 4.61. The van der Waals surface area contributed by atoms with Crippen LogP contribution in [0.5, 0.6) is 0 Å². The molecule has 9 heteroatoms. The predicted octanol–water partition coefficient (Wildman–Crippen LogP) is 3.22. The van der Waals surface area contributed by atoms with Gasteiger partial charge in [-0.15, -0.1) is 0 Å². The summed E-state index contributed by atoms with van der Waals surface area (Å²) in [6.07, 6.45) is -2.89. The van der Waals surface area contributed by atoms with Crippen LogP contribution in [0.15, 0.2) is 41.1 Å². The minimum absolute atomic E-state index is 0.0829. The lowest BCUT2D eigenvalue weighted by Gasteiger charge is -2.34. The first-order chi connectivity index (χ1) is 11.9. The van der Waals surface area contributed by atoms with E-state index in [0.717, 1.165) is 16.9 Å². The summed E-state index contributed by atoms with van der Waals surface area (Å²) in [6, 6.07) is 7.18. The van der Waals surface area contributed by atoms with Crippen molar-refractivity contribution in [1.82, 2.24) is 14.9 Å². The molecule has 1 aliphatic heterocycles. The number of nitrogens with zero attached hydrogens (tertiary/aromatic N) is 4. The highest BCUT2D eigenvalue weighted by Crippen LogP contribution is 2.28. The lowest BCUT2D eigenvalue weighted by atomic mass is 10.2. The van der Waals surface area contributed by atoms with Gasteiger partial charge in [0.25, 0.3) is 5.91 Å². The molecule has 2 heterocycles. The number of benzene rings is 1.